The molecule has 19 heavy (non-hydrogen) atoms. The van der Waals surface area contributed by atoms with Gasteiger partial charge in [-0.25, -0.2) is 4.79 Å². The van der Waals surface area contributed by atoms with Gasteiger partial charge in [0, 0.05) is 18.9 Å². The number of aromatic nitrogens is 1. The third-order valence-corrected chi connectivity index (χ3v) is 3.51. The van der Waals surface area contributed by atoms with E-state index in [4.69, 9.17) is 0 Å². The summed E-state index contributed by atoms with van der Waals surface area (Å²) in [5.74, 6) is -0.937. The van der Waals surface area contributed by atoms with Crippen molar-refractivity contribution in [3.8, 4) is 0 Å². The molecule has 1 unspecified atom stereocenters. The smallest absolute Gasteiger partial charge is 0.337 e. The predicted octanol–water partition coefficient (Wildman–Crippen LogP) is 2.01. The largest absolute Gasteiger partial charge is 0.478 e. The zero-order valence-corrected chi connectivity index (χ0v) is 10.3. The molecule has 2 N–H and O–H groups in total. The Hall–Kier alpha value is -2.20. The van der Waals surface area contributed by atoms with E-state index in [1.165, 1.54) is 11.8 Å². The monoisotopic (exact) mass is 254 g/mol. The number of rotatable bonds is 2. The first-order chi connectivity index (χ1) is 9.27. The predicted molar refractivity (Wildman–Crippen MR) is 71.2 cm³/mol. The van der Waals surface area contributed by atoms with Crippen LogP contribution < -0.4 is 5.32 Å². The van der Waals surface area contributed by atoms with E-state index in [2.05, 4.69) is 22.4 Å². The number of hydrogen-bond donors (Lipinski definition) is 2. The van der Waals surface area contributed by atoms with Crippen molar-refractivity contribution in [2.24, 2.45) is 0 Å². The standard InChI is InChI=1S/C15H14N2O2/c18-15(19)13-9-16-7-6-12(13)14-11-4-2-1-3-10(11)5-8-17-14/h1-4,6-7,9,14,17H,5,8H2,(H,18,19). The first-order valence-corrected chi connectivity index (χ1v) is 6.26. The molecule has 0 amide bonds. The fourth-order valence-electron chi connectivity index (χ4n) is 2.62. The number of carboxylic acid groups (broad SMARTS) is 1. The van der Waals surface area contributed by atoms with Crippen LogP contribution in [-0.4, -0.2) is 22.6 Å². The maximum atomic E-state index is 11.3. The summed E-state index contributed by atoms with van der Waals surface area (Å²) in [5, 5.41) is 12.7. The second-order valence-corrected chi connectivity index (χ2v) is 4.60. The molecule has 1 aromatic heterocycles. The van der Waals surface area contributed by atoms with Crippen LogP contribution in [0.2, 0.25) is 0 Å². The summed E-state index contributed by atoms with van der Waals surface area (Å²) in [6, 6.07) is 9.87. The Morgan fingerprint density at radius 2 is 2.11 bits per heavy atom. The van der Waals surface area contributed by atoms with Crippen molar-refractivity contribution in [3.63, 3.8) is 0 Å². The van der Waals surface area contributed by atoms with Gasteiger partial charge in [0.25, 0.3) is 0 Å². The van der Waals surface area contributed by atoms with Gasteiger partial charge in [-0.15, -0.1) is 0 Å². The van der Waals surface area contributed by atoms with Gasteiger partial charge in [-0.1, -0.05) is 24.3 Å². The third-order valence-electron chi connectivity index (χ3n) is 3.51. The highest BCUT2D eigenvalue weighted by molar-refractivity contribution is 5.89. The zero-order valence-electron chi connectivity index (χ0n) is 10.3. The number of nitrogens with zero attached hydrogens (tertiary/aromatic N) is 1. The molecule has 96 valence electrons. The highest BCUT2D eigenvalue weighted by Crippen LogP contribution is 2.30. The van der Waals surface area contributed by atoms with Gasteiger partial charge >= 0.3 is 5.97 Å². The molecule has 0 saturated carbocycles. The lowest BCUT2D eigenvalue weighted by Gasteiger charge is -2.28. The lowest BCUT2D eigenvalue weighted by Crippen LogP contribution is -2.31. The Bertz CT molecular complexity index is 625. The van der Waals surface area contributed by atoms with Crippen molar-refractivity contribution < 1.29 is 9.90 Å². The van der Waals surface area contributed by atoms with E-state index in [0.717, 1.165) is 24.1 Å². The highest BCUT2D eigenvalue weighted by atomic mass is 16.4. The average molecular weight is 254 g/mol. The Kier molecular flexibility index (Phi) is 3.01. The Morgan fingerprint density at radius 1 is 1.26 bits per heavy atom. The maximum absolute atomic E-state index is 11.3. The van der Waals surface area contributed by atoms with Gasteiger partial charge in [0.2, 0.25) is 0 Å². The summed E-state index contributed by atoms with van der Waals surface area (Å²) in [6.07, 6.45) is 4.03. The Morgan fingerprint density at radius 3 is 2.95 bits per heavy atom. The third kappa shape index (κ3) is 2.11. The molecule has 2 aromatic rings. The second-order valence-electron chi connectivity index (χ2n) is 4.60. The number of nitrogens with one attached hydrogen (secondary N) is 1. The molecule has 1 aromatic carbocycles. The zero-order chi connectivity index (χ0) is 13.2. The van der Waals surface area contributed by atoms with Crippen LogP contribution in [-0.2, 0) is 6.42 Å². The van der Waals surface area contributed by atoms with Gasteiger partial charge in [-0.05, 0) is 29.2 Å². The molecule has 1 aliphatic rings. The van der Waals surface area contributed by atoms with E-state index in [-0.39, 0.29) is 11.6 Å². The van der Waals surface area contributed by atoms with Crippen LogP contribution in [0.3, 0.4) is 0 Å². The van der Waals surface area contributed by atoms with Crippen LogP contribution in [0.1, 0.15) is 33.1 Å². The molecule has 4 heteroatoms. The fourth-order valence-corrected chi connectivity index (χ4v) is 2.62. The van der Waals surface area contributed by atoms with E-state index >= 15 is 0 Å². The van der Waals surface area contributed by atoms with Crippen LogP contribution in [0.4, 0.5) is 0 Å². The average Bonchev–Trinajstić information content (AvgIpc) is 2.46. The van der Waals surface area contributed by atoms with Crippen LogP contribution in [0.15, 0.2) is 42.7 Å². The number of carbonyl (C=O) groups is 1. The van der Waals surface area contributed by atoms with Crippen LogP contribution in [0, 0.1) is 0 Å². The normalized spacial score (nSPS) is 17.8. The Balaban J connectivity index is 2.12. The van der Waals surface area contributed by atoms with E-state index in [9.17, 15) is 9.90 Å². The van der Waals surface area contributed by atoms with Crippen LogP contribution in [0.5, 0.6) is 0 Å². The minimum Gasteiger partial charge on any atom is -0.478 e. The maximum Gasteiger partial charge on any atom is 0.337 e. The summed E-state index contributed by atoms with van der Waals surface area (Å²) in [4.78, 5) is 15.2. The summed E-state index contributed by atoms with van der Waals surface area (Å²) in [5.41, 5.74) is 3.47. The number of benzene rings is 1. The van der Waals surface area contributed by atoms with Crippen molar-refractivity contribution >= 4 is 5.97 Å². The van der Waals surface area contributed by atoms with Crippen molar-refractivity contribution in [1.82, 2.24) is 10.3 Å². The molecule has 1 atom stereocenters. The fraction of sp³-hybridized carbons (Fsp3) is 0.200. The quantitative estimate of drug-likeness (QED) is 0.860. The summed E-state index contributed by atoms with van der Waals surface area (Å²) in [7, 11) is 0. The lowest BCUT2D eigenvalue weighted by atomic mass is 9.88. The lowest BCUT2D eigenvalue weighted by molar-refractivity contribution is 0.0694. The Labute approximate surface area is 111 Å². The number of carboxylic acids is 1. The molecule has 0 radical (unpaired) electrons. The van der Waals surface area contributed by atoms with Crippen molar-refractivity contribution in [2.45, 2.75) is 12.5 Å². The number of pyridine rings is 1. The molecule has 0 fully saturated rings. The van der Waals surface area contributed by atoms with Crippen LogP contribution >= 0.6 is 0 Å². The minimum absolute atomic E-state index is 0.0703. The molecule has 0 bridgehead atoms. The van der Waals surface area contributed by atoms with Gasteiger partial charge in [0.05, 0.1) is 11.6 Å². The SMILES string of the molecule is O=C(O)c1cnccc1C1NCCc2ccccc21. The molecule has 1 aliphatic heterocycles. The van der Waals surface area contributed by atoms with Crippen molar-refractivity contribution in [1.29, 1.82) is 0 Å². The van der Waals surface area contributed by atoms with E-state index < -0.39 is 5.97 Å². The molecule has 0 aliphatic carbocycles. The van der Waals surface area contributed by atoms with Gasteiger partial charge < -0.3 is 10.4 Å². The summed E-state index contributed by atoms with van der Waals surface area (Å²) >= 11 is 0. The van der Waals surface area contributed by atoms with E-state index in [1.807, 2.05) is 12.1 Å². The van der Waals surface area contributed by atoms with Crippen LogP contribution in [0.25, 0.3) is 0 Å². The number of fused-ring (bicyclic) bond motifs is 1. The molecule has 0 spiro atoms. The summed E-state index contributed by atoms with van der Waals surface area (Å²) < 4.78 is 0. The summed E-state index contributed by atoms with van der Waals surface area (Å²) in [6.45, 7) is 0.850. The topological polar surface area (TPSA) is 62.2 Å². The van der Waals surface area contributed by atoms with Gasteiger partial charge in [0.1, 0.15) is 0 Å². The number of hydrogen-bond acceptors (Lipinski definition) is 3. The molecule has 4 nitrogen and oxygen atoms in total. The highest BCUT2D eigenvalue weighted by Gasteiger charge is 2.24. The molecule has 2 heterocycles. The van der Waals surface area contributed by atoms with Gasteiger partial charge in [0.15, 0.2) is 0 Å². The van der Waals surface area contributed by atoms with E-state index in [1.54, 1.807) is 12.3 Å². The van der Waals surface area contributed by atoms with Gasteiger partial charge in [-0.2, -0.15) is 0 Å². The molecule has 3 rings (SSSR count). The first-order valence-electron chi connectivity index (χ1n) is 6.26. The first kappa shape index (κ1) is 11.9. The van der Waals surface area contributed by atoms with Gasteiger partial charge in [-0.3, -0.25) is 4.98 Å². The van der Waals surface area contributed by atoms with Crippen molar-refractivity contribution in [2.75, 3.05) is 6.54 Å². The second kappa shape index (κ2) is 4.82. The molecular weight excluding hydrogens is 240 g/mol. The molecule has 0 saturated heterocycles. The minimum atomic E-state index is -0.937. The van der Waals surface area contributed by atoms with E-state index in [0.29, 0.717) is 0 Å². The number of aromatic carboxylic acids is 1. The molecular formula is C15H14N2O2. The van der Waals surface area contributed by atoms with Crippen molar-refractivity contribution in [3.05, 3.63) is 65.0 Å².